The average Bonchev–Trinajstić information content (AvgIpc) is 3.12. The number of aromatic amines is 1. The minimum absolute atomic E-state index is 0.0660. The number of likely N-dealkylation sites (tertiary alicyclic amines) is 1. The largest absolute Gasteiger partial charge is 0.346 e. The predicted molar refractivity (Wildman–Crippen MR) is 98.5 cm³/mol. The number of Topliss-reactive ketones (excluding diaryl/α,β-unsaturated/α-hetero) is 1. The second-order valence-corrected chi connectivity index (χ2v) is 6.75. The van der Waals surface area contributed by atoms with Crippen LogP contribution >= 0.6 is 0 Å². The predicted octanol–water partition coefficient (Wildman–Crippen LogP) is 1.39. The SMILES string of the molecule is Cn1ccnc1C(=O)C1CCCN(C(=O)c2nc(=O)[nH]c3ccccc23)C1. The molecular weight excluding hydrogens is 346 g/mol. The lowest BCUT2D eigenvalue weighted by molar-refractivity contribution is 0.0629. The number of imidazole rings is 1. The Hall–Kier alpha value is -3.29. The molecule has 1 aromatic carbocycles. The van der Waals surface area contributed by atoms with Gasteiger partial charge in [-0.15, -0.1) is 0 Å². The number of rotatable bonds is 3. The molecule has 8 nitrogen and oxygen atoms in total. The highest BCUT2D eigenvalue weighted by Gasteiger charge is 2.32. The first kappa shape index (κ1) is 17.1. The number of carbonyl (C=O) groups excluding carboxylic acids is 2. The van der Waals surface area contributed by atoms with E-state index in [9.17, 15) is 14.4 Å². The number of aryl methyl sites for hydroxylation is 1. The fourth-order valence-electron chi connectivity index (χ4n) is 3.58. The first-order chi connectivity index (χ1) is 13.0. The zero-order valence-corrected chi connectivity index (χ0v) is 14.9. The molecule has 0 radical (unpaired) electrons. The molecule has 0 aliphatic carbocycles. The molecule has 1 unspecified atom stereocenters. The Bertz CT molecular complexity index is 1080. The van der Waals surface area contributed by atoms with E-state index in [0.29, 0.717) is 42.7 Å². The molecule has 2 aromatic heterocycles. The molecule has 0 spiro atoms. The van der Waals surface area contributed by atoms with Crippen LogP contribution in [0.4, 0.5) is 0 Å². The van der Waals surface area contributed by atoms with E-state index in [1.54, 1.807) is 53.2 Å². The number of ketones is 1. The lowest BCUT2D eigenvalue weighted by atomic mass is 9.93. The zero-order chi connectivity index (χ0) is 19.0. The lowest BCUT2D eigenvalue weighted by Gasteiger charge is -2.31. The fourth-order valence-corrected chi connectivity index (χ4v) is 3.58. The number of hydrogen-bond donors (Lipinski definition) is 1. The van der Waals surface area contributed by atoms with Gasteiger partial charge in [-0.2, -0.15) is 4.98 Å². The summed E-state index contributed by atoms with van der Waals surface area (Å²) in [6.45, 7) is 0.833. The Balaban J connectivity index is 1.62. The van der Waals surface area contributed by atoms with E-state index in [4.69, 9.17) is 0 Å². The number of nitrogens with zero attached hydrogens (tertiary/aromatic N) is 4. The van der Waals surface area contributed by atoms with Gasteiger partial charge in [-0.3, -0.25) is 9.59 Å². The van der Waals surface area contributed by atoms with Crippen LogP contribution in [0.15, 0.2) is 41.5 Å². The third-order valence-electron chi connectivity index (χ3n) is 4.96. The Labute approximate surface area is 154 Å². The summed E-state index contributed by atoms with van der Waals surface area (Å²) in [6, 6.07) is 7.07. The molecule has 1 saturated heterocycles. The van der Waals surface area contributed by atoms with Crippen LogP contribution in [0.25, 0.3) is 10.9 Å². The molecule has 8 heteroatoms. The fraction of sp³-hybridized carbons (Fsp3) is 0.316. The summed E-state index contributed by atoms with van der Waals surface area (Å²) < 4.78 is 1.69. The first-order valence-corrected chi connectivity index (χ1v) is 8.84. The van der Waals surface area contributed by atoms with E-state index < -0.39 is 5.69 Å². The molecule has 1 fully saturated rings. The summed E-state index contributed by atoms with van der Waals surface area (Å²) in [5.74, 6) is -0.301. The summed E-state index contributed by atoms with van der Waals surface area (Å²) in [7, 11) is 1.78. The van der Waals surface area contributed by atoms with E-state index in [2.05, 4.69) is 15.0 Å². The van der Waals surface area contributed by atoms with Crippen LogP contribution in [-0.2, 0) is 7.05 Å². The van der Waals surface area contributed by atoms with Crippen molar-refractivity contribution < 1.29 is 9.59 Å². The molecule has 1 amide bonds. The highest BCUT2D eigenvalue weighted by molar-refractivity contribution is 6.04. The highest BCUT2D eigenvalue weighted by atomic mass is 16.2. The molecule has 3 heterocycles. The average molecular weight is 365 g/mol. The van der Waals surface area contributed by atoms with E-state index >= 15 is 0 Å². The molecule has 1 atom stereocenters. The lowest BCUT2D eigenvalue weighted by Crippen LogP contribution is -2.43. The molecule has 0 bridgehead atoms. The maximum absolute atomic E-state index is 13.1. The molecule has 3 aromatic rings. The van der Waals surface area contributed by atoms with Crippen molar-refractivity contribution in [3.63, 3.8) is 0 Å². The van der Waals surface area contributed by atoms with E-state index in [0.717, 1.165) is 0 Å². The topological polar surface area (TPSA) is 101 Å². The Kier molecular flexibility index (Phi) is 4.31. The van der Waals surface area contributed by atoms with Gasteiger partial charge in [0.2, 0.25) is 5.78 Å². The number of hydrogen-bond acceptors (Lipinski definition) is 5. The van der Waals surface area contributed by atoms with E-state index in [1.165, 1.54) is 0 Å². The first-order valence-electron chi connectivity index (χ1n) is 8.84. The highest BCUT2D eigenvalue weighted by Crippen LogP contribution is 2.23. The normalized spacial score (nSPS) is 17.2. The molecular formula is C19H19N5O3. The number of carbonyl (C=O) groups is 2. The van der Waals surface area contributed by atoms with Crippen LogP contribution in [0.2, 0.25) is 0 Å². The molecule has 138 valence electrons. The number of amides is 1. The van der Waals surface area contributed by atoms with Crippen molar-refractivity contribution in [2.24, 2.45) is 13.0 Å². The van der Waals surface area contributed by atoms with Gasteiger partial charge >= 0.3 is 5.69 Å². The van der Waals surface area contributed by atoms with Gasteiger partial charge in [0.15, 0.2) is 5.82 Å². The van der Waals surface area contributed by atoms with Crippen LogP contribution in [-0.4, -0.2) is 49.2 Å². The van der Waals surface area contributed by atoms with Crippen molar-refractivity contribution in [3.05, 3.63) is 58.7 Å². The van der Waals surface area contributed by atoms with Crippen molar-refractivity contribution >= 4 is 22.6 Å². The molecule has 4 rings (SSSR count). The van der Waals surface area contributed by atoms with E-state index in [1.807, 2.05) is 0 Å². The maximum Gasteiger partial charge on any atom is 0.346 e. The van der Waals surface area contributed by atoms with Crippen molar-refractivity contribution in [2.75, 3.05) is 13.1 Å². The van der Waals surface area contributed by atoms with Gasteiger partial charge in [0.25, 0.3) is 5.91 Å². The molecule has 1 N–H and O–H groups in total. The van der Waals surface area contributed by atoms with Gasteiger partial charge < -0.3 is 14.5 Å². The van der Waals surface area contributed by atoms with Gasteiger partial charge in [-0.25, -0.2) is 9.78 Å². The van der Waals surface area contributed by atoms with Crippen LogP contribution < -0.4 is 5.69 Å². The van der Waals surface area contributed by atoms with Gasteiger partial charge in [-0.05, 0) is 18.9 Å². The smallest absolute Gasteiger partial charge is 0.337 e. The number of aromatic nitrogens is 4. The molecule has 1 aliphatic rings. The van der Waals surface area contributed by atoms with Crippen LogP contribution in [0.1, 0.15) is 33.9 Å². The number of nitrogens with one attached hydrogen (secondary N) is 1. The minimum atomic E-state index is -0.560. The number of piperidine rings is 1. The third-order valence-corrected chi connectivity index (χ3v) is 4.96. The third kappa shape index (κ3) is 3.14. The van der Waals surface area contributed by atoms with Crippen molar-refractivity contribution in [3.8, 4) is 0 Å². The molecule has 27 heavy (non-hydrogen) atoms. The second kappa shape index (κ2) is 6.79. The van der Waals surface area contributed by atoms with Crippen LogP contribution in [0, 0.1) is 5.92 Å². The number of fused-ring (bicyclic) bond motifs is 1. The van der Waals surface area contributed by atoms with Gasteiger partial charge in [0.05, 0.1) is 5.52 Å². The minimum Gasteiger partial charge on any atom is -0.337 e. The summed E-state index contributed by atoms with van der Waals surface area (Å²) in [4.78, 5) is 50.0. The number of para-hydroxylation sites is 1. The monoisotopic (exact) mass is 365 g/mol. The second-order valence-electron chi connectivity index (χ2n) is 6.75. The van der Waals surface area contributed by atoms with Crippen LogP contribution in [0.3, 0.4) is 0 Å². The Morgan fingerprint density at radius 1 is 1.26 bits per heavy atom. The van der Waals surface area contributed by atoms with Gasteiger partial charge in [-0.1, -0.05) is 18.2 Å². The van der Waals surface area contributed by atoms with Crippen molar-refractivity contribution in [1.82, 2.24) is 24.4 Å². The number of H-pyrrole nitrogens is 1. The summed E-state index contributed by atoms with van der Waals surface area (Å²) in [6.07, 6.45) is 4.74. The van der Waals surface area contributed by atoms with E-state index in [-0.39, 0.29) is 23.3 Å². The maximum atomic E-state index is 13.1. The molecule has 0 saturated carbocycles. The van der Waals surface area contributed by atoms with Crippen molar-refractivity contribution in [2.45, 2.75) is 12.8 Å². The zero-order valence-electron chi connectivity index (χ0n) is 14.9. The summed E-state index contributed by atoms with van der Waals surface area (Å²) in [5.41, 5.74) is 0.132. The number of benzene rings is 1. The summed E-state index contributed by atoms with van der Waals surface area (Å²) in [5, 5.41) is 0.597. The van der Waals surface area contributed by atoms with Crippen LogP contribution in [0.5, 0.6) is 0 Å². The Morgan fingerprint density at radius 3 is 2.85 bits per heavy atom. The van der Waals surface area contributed by atoms with Crippen molar-refractivity contribution in [1.29, 1.82) is 0 Å². The van der Waals surface area contributed by atoms with Gasteiger partial charge in [0.1, 0.15) is 5.69 Å². The van der Waals surface area contributed by atoms with Gasteiger partial charge in [0, 0.05) is 43.8 Å². The standard InChI is InChI=1S/C19H19N5O3/c1-23-10-8-20-17(23)16(25)12-5-4-9-24(11-12)18(26)15-13-6-2-3-7-14(13)21-19(27)22-15/h2-3,6-8,10,12H,4-5,9,11H2,1H3,(H,21,22,27). The molecule has 1 aliphatic heterocycles. The summed E-state index contributed by atoms with van der Waals surface area (Å²) >= 11 is 0. The Morgan fingerprint density at radius 2 is 2.07 bits per heavy atom. The quantitative estimate of drug-likeness (QED) is 0.707.